The lowest BCUT2D eigenvalue weighted by atomic mass is 10.2. The first-order valence-corrected chi connectivity index (χ1v) is 5.93. The molecule has 106 valence electrons. The Morgan fingerprint density at radius 1 is 1.38 bits per heavy atom. The first-order valence-electron chi connectivity index (χ1n) is 5.93. The second-order valence-corrected chi connectivity index (χ2v) is 4.32. The van der Waals surface area contributed by atoms with E-state index in [4.69, 9.17) is 4.42 Å². The first-order chi connectivity index (χ1) is 10.1. The summed E-state index contributed by atoms with van der Waals surface area (Å²) in [6, 6.07) is 6.69. The van der Waals surface area contributed by atoms with Crippen molar-refractivity contribution in [3.8, 4) is 0 Å². The highest BCUT2D eigenvalue weighted by molar-refractivity contribution is 5.67. The van der Waals surface area contributed by atoms with Crippen LogP contribution in [0, 0.1) is 15.9 Å². The number of nitro benzene ring substituents is 1. The molecule has 0 aliphatic carbocycles. The molecule has 0 bridgehead atoms. The Labute approximate surface area is 116 Å². The molecule has 0 amide bonds. The highest BCUT2D eigenvalue weighted by Gasteiger charge is 2.15. The van der Waals surface area contributed by atoms with E-state index >= 15 is 0 Å². The molecule has 3 rings (SSSR count). The summed E-state index contributed by atoms with van der Waals surface area (Å²) in [5.74, 6) is -1.58. The zero-order chi connectivity index (χ0) is 15.0. The number of rotatable bonds is 3. The Kier molecular flexibility index (Phi) is 2.98. The van der Waals surface area contributed by atoms with E-state index in [1.807, 2.05) is 0 Å². The average Bonchev–Trinajstić information content (AvgIpc) is 2.75. The SMILES string of the molecule is O=c1oc2cccnc2n1Cc1ccc([N+](=O)[O-])c(F)c1. The van der Waals surface area contributed by atoms with Crippen molar-refractivity contribution in [2.24, 2.45) is 0 Å². The van der Waals surface area contributed by atoms with Gasteiger partial charge in [-0.05, 0) is 23.8 Å². The molecule has 0 N–H and O–H groups in total. The van der Waals surface area contributed by atoms with Gasteiger partial charge >= 0.3 is 11.4 Å². The molecule has 0 aliphatic heterocycles. The van der Waals surface area contributed by atoms with Crippen LogP contribution in [0.15, 0.2) is 45.7 Å². The van der Waals surface area contributed by atoms with Crippen molar-refractivity contribution in [1.82, 2.24) is 9.55 Å². The van der Waals surface area contributed by atoms with E-state index in [0.29, 0.717) is 16.8 Å². The Morgan fingerprint density at radius 2 is 2.19 bits per heavy atom. The molecule has 0 atom stereocenters. The van der Waals surface area contributed by atoms with Gasteiger partial charge in [0.05, 0.1) is 11.5 Å². The van der Waals surface area contributed by atoms with Crippen LogP contribution in [0.25, 0.3) is 11.2 Å². The number of benzene rings is 1. The molecular formula is C13H8FN3O4. The lowest BCUT2D eigenvalue weighted by Crippen LogP contribution is -2.15. The Hall–Kier alpha value is -3.03. The van der Waals surface area contributed by atoms with Gasteiger partial charge in [0.25, 0.3) is 0 Å². The third-order valence-electron chi connectivity index (χ3n) is 2.97. The summed E-state index contributed by atoms with van der Waals surface area (Å²) in [4.78, 5) is 25.5. The molecule has 1 aromatic carbocycles. The molecule has 3 aromatic rings. The highest BCUT2D eigenvalue weighted by atomic mass is 19.1. The maximum absolute atomic E-state index is 13.6. The maximum atomic E-state index is 13.6. The molecule has 0 aliphatic rings. The van der Waals surface area contributed by atoms with Crippen molar-refractivity contribution in [3.63, 3.8) is 0 Å². The number of fused-ring (bicyclic) bond motifs is 1. The summed E-state index contributed by atoms with van der Waals surface area (Å²) in [5.41, 5.74) is 0.445. The van der Waals surface area contributed by atoms with Gasteiger partial charge in [-0.25, -0.2) is 9.78 Å². The standard InChI is InChI=1S/C13H8FN3O4/c14-9-6-8(3-4-10(9)17(19)20)7-16-12-11(21-13(16)18)2-1-5-15-12/h1-6H,7H2. The smallest absolute Gasteiger partial charge is 0.406 e. The molecule has 21 heavy (non-hydrogen) atoms. The van der Waals surface area contributed by atoms with Crippen LogP contribution < -0.4 is 5.76 Å². The Balaban J connectivity index is 2.03. The minimum Gasteiger partial charge on any atom is -0.406 e. The lowest BCUT2D eigenvalue weighted by molar-refractivity contribution is -0.387. The number of pyridine rings is 1. The molecule has 8 heteroatoms. The second kappa shape index (κ2) is 4.82. The maximum Gasteiger partial charge on any atom is 0.421 e. The minimum atomic E-state index is -0.952. The normalized spacial score (nSPS) is 10.9. The van der Waals surface area contributed by atoms with E-state index in [9.17, 15) is 19.3 Å². The fraction of sp³-hybridized carbons (Fsp3) is 0.0769. The average molecular weight is 289 g/mol. The molecule has 0 fully saturated rings. The van der Waals surface area contributed by atoms with Gasteiger partial charge in [-0.1, -0.05) is 6.07 Å². The van der Waals surface area contributed by atoms with E-state index in [1.54, 1.807) is 12.1 Å². The fourth-order valence-corrected chi connectivity index (χ4v) is 2.02. The molecule has 0 radical (unpaired) electrons. The van der Waals surface area contributed by atoms with Crippen LogP contribution in [0.3, 0.4) is 0 Å². The summed E-state index contributed by atoms with van der Waals surface area (Å²) >= 11 is 0. The predicted octanol–water partition coefficient (Wildman–Crippen LogP) is 2.09. The van der Waals surface area contributed by atoms with Crippen molar-refractivity contribution >= 4 is 16.9 Å². The molecule has 7 nitrogen and oxygen atoms in total. The van der Waals surface area contributed by atoms with Gasteiger partial charge in [-0.3, -0.25) is 14.7 Å². The topological polar surface area (TPSA) is 91.2 Å². The summed E-state index contributed by atoms with van der Waals surface area (Å²) < 4.78 is 19.8. The van der Waals surface area contributed by atoms with E-state index in [-0.39, 0.29) is 6.54 Å². The largest absolute Gasteiger partial charge is 0.421 e. The summed E-state index contributed by atoms with van der Waals surface area (Å²) in [7, 11) is 0. The van der Waals surface area contributed by atoms with Gasteiger partial charge in [-0.15, -0.1) is 0 Å². The number of hydrogen-bond acceptors (Lipinski definition) is 5. The molecule has 0 spiro atoms. The van der Waals surface area contributed by atoms with Crippen LogP contribution in [0.5, 0.6) is 0 Å². The molecule has 2 heterocycles. The number of hydrogen-bond donors (Lipinski definition) is 0. The van der Waals surface area contributed by atoms with Gasteiger partial charge in [-0.2, -0.15) is 4.39 Å². The molecule has 2 aromatic heterocycles. The van der Waals surface area contributed by atoms with Gasteiger partial charge < -0.3 is 4.42 Å². The number of nitro groups is 1. The Morgan fingerprint density at radius 3 is 2.90 bits per heavy atom. The number of oxazole rings is 1. The van der Waals surface area contributed by atoms with Gasteiger partial charge in [0, 0.05) is 12.3 Å². The van der Waals surface area contributed by atoms with Crippen LogP contribution in [-0.2, 0) is 6.54 Å². The van der Waals surface area contributed by atoms with E-state index in [0.717, 1.165) is 12.1 Å². The van der Waals surface area contributed by atoms with Crippen molar-refractivity contribution in [2.75, 3.05) is 0 Å². The van der Waals surface area contributed by atoms with Gasteiger partial charge in [0.1, 0.15) is 0 Å². The molecule has 0 saturated heterocycles. The van der Waals surface area contributed by atoms with Gasteiger partial charge in [0.15, 0.2) is 11.2 Å². The summed E-state index contributed by atoms with van der Waals surface area (Å²) in [5, 5.41) is 10.6. The quantitative estimate of drug-likeness (QED) is 0.544. The molecule has 0 saturated carbocycles. The molecular weight excluding hydrogens is 281 g/mol. The van der Waals surface area contributed by atoms with Crippen molar-refractivity contribution in [2.45, 2.75) is 6.54 Å². The second-order valence-electron chi connectivity index (χ2n) is 4.32. The van der Waals surface area contributed by atoms with Crippen molar-refractivity contribution in [1.29, 1.82) is 0 Å². The first kappa shape index (κ1) is 13.0. The predicted molar refractivity (Wildman–Crippen MR) is 70.4 cm³/mol. The summed E-state index contributed by atoms with van der Waals surface area (Å²) in [6.07, 6.45) is 1.50. The van der Waals surface area contributed by atoms with Gasteiger partial charge in [0.2, 0.25) is 5.82 Å². The van der Waals surface area contributed by atoms with Crippen LogP contribution in [-0.4, -0.2) is 14.5 Å². The number of aromatic nitrogens is 2. The third kappa shape index (κ3) is 2.27. The van der Waals surface area contributed by atoms with E-state index < -0.39 is 22.2 Å². The van der Waals surface area contributed by atoms with Crippen LogP contribution in [0.4, 0.5) is 10.1 Å². The van der Waals surface area contributed by atoms with Crippen molar-refractivity contribution < 1.29 is 13.7 Å². The van der Waals surface area contributed by atoms with E-state index in [1.165, 1.54) is 16.8 Å². The highest BCUT2D eigenvalue weighted by Crippen LogP contribution is 2.19. The van der Waals surface area contributed by atoms with Crippen LogP contribution >= 0.6 is 0 Å². The number of nitrogens with zero attached hydrogens (tertiary/aromatic N) is 3. The van der Waals surface area contributed by atoms with Crippen molar-refractivity contribution in [3.05, 3.63) is 68.6 Å². The summed E-state index contributed by atoms with van der Waals surface area (Å²) in [6.45, 7) is 0.0117. The number of halogens is 1. The zero-order valence-corrected chi connectivity index (χ0v) is 10.5. The monoisotopic (exact) mass is 289 g/mol. The minimum absolute atomic E-state index is 0.0117. The van der Waals surface area contributed by atoms with E-state index in [2.05, 4.69) is 4.98 Å². The third-order valence-corrected chi connectivity index (χ3v) is 2.97. The Bertz CT molecular complexity index is 900. The van der Waals surface area contributed by atoms with Crippen LogP contribution in [0.2, 0.25) is 0 Å². The lowest BCUT2D eigenvalue weighted by Gasteiger charge is -2.02. The fourth-order valence-electron chi connectivity index (χ4n) is 2.02. The molecule has 0 unspecified atom stereocenters. The van der Waals surface area contributed by atoms with Crippen LogP contribution in [0.1, 0.15) is 5.56 Å². The zero-order valence-electron chi connectivity index (χ0n) is 10.5.